The molecule has 127 valence electrons. The molecule has 2 aromatic carbocycles. The standard InChI is InChI=1S/C21H25.2ClH.Ti/c1-20(2,3)16-7-9-18-14(12-16)11-15-13-17(21(4,5)6)8-10-19(15)18;;;/h7-10,12H,11H2,1-6H3;2*1H;/q;;;+2/p-2. The zero-order chi connectivity index (χ0) is 16.3. The van der Waals surface area contributed by atoms with E-state index in [9.17, 15) is 0 Å². The summed E-state index contributed by atoms with van der Waals surface area (Å²) >= 11 is 2.30. The third-order valence-electron chi connectivity index (χ3n) is 4.75. The summed E-state index contributed by atoms with van der Waals surface area (Å²) in [4.78, 5) is 0. The molecule has 0 aromatic heterocycles. The third kappa shape index (κ3) is 3.78. The van der Waals surface area contributed by atoms with E-state index in [0.717, 1.165) is 6.42 Å². The van der Waals surface area contributed by atoms with Gasteiger partial charge < -0.3 is 24.8 Å². The Kier molecular flexibility index (Phi) is 6.49. The number of hydrogen-bond donors (Lipinski definition) is 0. The first-order valence-corrected chi connectivity index (χ1v) is 8.89. The molecule has 3 rings (SSSR count). The van der Waals surface area contributed by atoms with Crippen LogP contribution in [0, 0.1) is 0 Å². The molecule has 0 atom stereocenters. The van der Waals surface area contributed by atoms with Gasteiger partial charge in [-0.2, -0.15) is 0 Å². The quantitative estimate of drug-likeness (QED) is 0.430. The minimum atomic E-state index is 0. The van der Waals surface area contributed by atoms with E-state index in [4.69, 9.17) is 0 Å². The van der Waals surface area contributed by atoms with E-state index < -0.39 is 0 Å². The van der Waals surface area contributed by atoms with Gasteiger partial charge in [-0.3, -0.25) is 0 Å². The summed E-state index contributed by atoms with van der Waals surface area (Å²) in [6.45, 7) is 13.8. The van der Waals surface area contributed by atoms with Crippen molar-refractivity contribution >= 4 is 3.87 Å². The molecule has 0 fully saturated rings. The summed E-state index contributed by atoms with van der Waals surface area (Å²) in [5, 5.41) is 0. The summed E-state index contributed by atoms with van der Waals surface area (Å²) in [5.74, 6) is 0. The van der Waals surface area contributed by atoms with Crippen LogP contribution in [-0.2, 0) is 37.7 Å². The van der Waals surface area contributed by atoms with Crippen LogP contribution in [0.15, 0.2) is 30.3 Å². The minimum absolute atomic E-state index is 0. The normalized spacial score (nSPS) is 12.8. The fraction of sp³-hybridized carbons (Fsp3) is 0.429. The van der Waals surface area contributed by atoms with Crippen molar-refractivity contribution in [1.82, 2.24) is 0 Å². The fourth-order valence-corrected chi connectivity index (χ4v) is 4.43. The Morgan fingerprint density at radius 3 is 1.92 bits per heavy atom. The molecule has 1 aliphatic rings. The van der Waals surface area contributed by atoms with Gasteiger partial charge in [-0.1, -0.05) is 0 Å². The first-order chi connectivity index (χ1) is 10.1. The first-order valence-electron chi connectivity index (χ1n) is 8.11. The van der Waals surface area contributed by atoms with E-state index in [1.165, 1.54) is 37.2 Å². The molecule has 0 heterocycles. The fourth-order valence-electron chi connectivity index (χ4n) is 3.37. The second kappa shape index (κ2) is 7.16. The Balaban J connectivity index is 0.00000144. The molecule has 3 heteroatoms. The van der Waals surface area contributed by atoms with Crippen LogP contribution in [0.3, 0.4) is 0 Å². The number of halogens is 2. The SMILES string of the molecule is CC(C)(C)c1ccc2c(c1)Cc1c-2ccc(C(C)(C)C)[c]1[Ti+2].[Cl-].[Cl-]. The average Bonchev–Trinajstić information content (AvgIpc) is 2.75. The van der Waals surface area contributed by atoms with Gasteiger partial charge in [-0.15, -0.1) is 0 Å². The summed E-state index contributed by atoms with van der Waals surface area (Å²) in [6, 6.07) is 11.7. The number of rotatable bonds is 0. The van der Waals surface area contributed by atoms with E-state index >= 15 is 0 Å². The van der Waals surface area contributed by atoms with Gasteiger partial charge in [0.15, 0.2) is 0 Å². The molecule has 0 N–H and O–H groups in total. The van der Waals surface area contributed by atoms with Crippen molar-refractivity contribution < 1.29 is 45.2 Å². The molecule has 0 bridgehead atoms. The molecule has 24 heavy (non-hydrogen) atoms. The Hall–Kier alpha value is -0.266. The van der Waals surface area contributed by atoms with E-state index in [1.807, 2.05) is 0 Å². The number of benzene rings is 2. The Morgan fingerprint density at radius 1 is 0.792 bits per heavy atom. The maximum absolute atomic E-state index is 2.42. The Bertz CT molecular complexity index is 750. The minimum Gasteiger partial charge on any atom is -1.00 e. The molecule has 2 aromatic rings. The molecule has 0 amide bonds. The molecule has 0 nitrogen and oxygen atoms in total. The van der Waals surface area contributed by atoms with Gasteiger partial charge >= 0.3 is 147 Å². The summed E-state index contributed by atoms with van der Waals surface area (Å²) in [5.41, 5.74) is 9.26. The van der Waals surface area contributed by atoms with Gasteiger partial charge in [-0.25, -0.2) is 0 Å². The first kappa shape index (κ1) is 21.8. The zero-order valence-corrected chi connectivity index (χ0v) is 18.4. The van der Waals surface area contributed by atoms with Gasteiger partial charge in [0.1, 0.15) is 0 Å². The molecule has 0 unspecified atom stereocenters. The second-order valence-corrected chi connectivity index (χ2v) is 9.34. The van der Waals surface area contributed by atoms with E-state index in [2.05, 4.69) is 92.3 Å². The average molecular weight is 396 g/mol. The van der Waals surface area contributed by atoms with Gasteiger partial charge in [0.2, 0.25) is 0 Å². The maximum atomic E-state index is 2.42. The van der Waals surface area contributed by atoms with E-state index in [1.54, 1.807) is 0 Å². The van der Waals surface area contributed by atoms with Crippen LogP contribution in [0.2, 0.25) is 0 Å². The van der Waals surface area contributed by atoms with Crippen molar-refractivity contribution in [3.05, 3.63) is 52.6 Å². The van der Waals surface area contributed by atoms with Gasteiger partial charge in [0.25, 0.3) is 0 Å². The van der Waals surface area contributed by atoms with Crippen molar-refractivity contribution in [2.24, 2.45) is 0 Å². The predicted molar refractivity (Wildman–Crippen MR) is 91.7 cm³/mol. The van der Waals surface area contributed by atoms with Gasteiger partial charge in [0.05, 0.1) is 0 Å². The van der Waals surface area contributed by atoms with Gasteiger partial charge in [0, 0.05) is 0 Å². The number of fused-ring (bicyclic) bond motifs is 3. The molecule has 0 radical (unpaired) electrons. The van der Waals surface area contributed by atoms with E-state index in [-0.39, 0.29) is 35.6 Å². The van der Waals surface area contributed by atoms with Crippen LogP contribution in [0.1, 0.15) is 63.8 Å². The van der Waals surface area contributed by atoms with Crippen molar-refractivity contribution in [3.8, 4) is 11.1 Å². The van der Waals surface area contributed by atoms with Crippen LogP contribution < -0.4 is 28.7 Å². The largest absolute Gasteiger partial charge is 1.00 e. The van der Waals surface area contributed by atoms with E-state index in [0.29, 0.717) is 0 Å². The smallest absolute Gasteiger partial charge is 1.00 e. The molecule has 0 aliphatic heterocycles. The molecule has 0 spiro atoms. The van der Waals surface area contributed by atoms with Crippen molar-refractivity contribution in [3.63, 3.8) is 0 Å². The molecular weight excluding hydrogens is 371 g/mol. The van der Waals surface area contributed by atoms with Crippen molar-refractivity contribution in [1.29, 1.82) is 0 Å². The molecular formula is C21H25Cl2Ti. The Labute approximate surface area is 171 Å². The Morgan fingerprint density at radius 2 is 1.38 bits per heavy atom. The third-order valence-corrected chi connectivity index (χ3v) is 5.64. The summed E-state index contributed by atoms with van der Waals surface area (Å²) in [6.07, 6.45) is 1.09. The van der Waals surface area contributed by atoms with Gasteiger partial charge in [-0.05, 0) is 0 Å². The summed E-state index contributed by atoms with van der Waals surface area (Å²) in [7, 11) is 0. The van der Waals surface area contributed by atoms with Crippen molar-refractivity contribution in [2.45, 2.75) is 58.8 Å². The second-order valence-electron chi connectivity index (χ2n) is 8.56. The zero-order valence-electron chi connectivity index (χ0n) is 15.3. The van der Waals surface area contributed by atoms with Crippen LogP contribution in [0.4, 0.5) is 0 Å². The van der Waals surface area contributed by atoms with Crippen LogP contribution in [-0.4, -0.2) is 0 Å². The monoisotopic (exact) mass is 395 g/mol. The molecule has 1 aliphatic carbocycles. The topological polar surface area (TPSA) is 0 Å². The van der Waals surface area contributed by atoms with Crippen LogP contribution >= 0.6 is 0 Å². The molecule has 0 saturated carbocycles. The molecule has 0 saturated heterocycles. The predicted octanol–water partition coefficient (Wildman–Crippen LogP) is -0.967. The maximum Gasteiger partial charge on any atom is -1.00 e. The van der Waals surface area contributed by atoms with Crippen LogP contribution in [0.5, 0.6) is 0 Å². The van der Waals surface area contributed by atoms with Crippen LogP contribution in [0.25, 0.3) is 11.1 Å². The summed E-state index contributed by atoms with van der Waals surface area (Å²) < 4.78 is 1.48. The number of hydrogen-bond acceptors (Lipinski definition) is 0. The van der Waals surface area contributed by atoms with Crippen molar-refractivity contribution in [2.75, 3.05) is 0 Å².